The summed E-state index contributed by atoms with van der Waals surface area (Å²) < 4.78 is 6.26. The van der Waals surface area contributed by atoms with Crippen molar-refractivity contribution in [2.45, 2.75) is 18.4 Å². The van der Waals surface area contributed by atoms with Crippen LogP contribution in [-0.2, 0) is 11.2 Å². The van der Waals surface area contributed by atoms with Crippen LogP contribution in [-0.4, -0.2) is 32.1 Å². The van der Waals surface area contributed by atoms with E-state index in [-0.39, 0.29) is 5.91 Å². The molecule has 0 bridgehead atoms. The number of hydrogen-bond donors (Lipinski definition) is 0. The number of likely N-dealkylation sites (N-methyl/N-ethyl adjacent to an activating group) is 1. The lowest BCUT2D eigenvalue weighted by atomic mass is 9.92. The number of rotatable bonds is 2. The van der Waals surface area contributed by atoms with E-state index in [0.717, 1.165) is 35.3 Å². The Morgan fingerprint density at radius 1 is 1.21 bits per heavy atom. The molecule has 4 rings (SSSR count). The van der Waals surface area contributed by atoms with Gasteiger partial charge in [0, 0.05) is 37.5 Å². The number of anilines is 2. The zero-order valence-electron chi connectivity index (χ0n) is 13.8. The SMILES string of the molecule is COc1cc(N2CCC3(Cc4ccccc4N3C)C2=O)ccc1Br. The molecule has 124 valence electrons. The molecule has 1 amide bonds. The van der Waals surface area contributed by atoms with E-state index in [1.54, 1.807) is 7.11 Å². The first kappa shape index (κ1) is 15.5. The second kappa shape index (κ2) is 5.52. The van der Waals surface area contributed by atoms with Crippen LogP contribution in [0.5, 0.6) is 5.75 Å². The highest BCUT2D eigenvalue weighted by Crippen LogP contribution is 2.45. The Labute approximate surface area is 150 Å². The minimum atomic E-state index is -0.454. The van der Waals surface area contributed by atoms with Gasteiger partial charge in [0.1, 0.15) is 11.3 Å². The molecule has 0 saturated carbocycles. The minimum Gasteiger partial charge on any atom is -0.495 e. The third-order valence-electron chi connectivity index (χ3n) is 5.32. The summed E-state index contributed by atoms with van der Waals surface area (Å²) in [6.45, 7) is 0.724. The largest absolute Gasteiger partial charge is 0.495 e. The minimum absolute atomic E-state index is 0.172. The van der Waals surface area contributed by atoms with Crippen LogP contribution in [0.15, 0.2) is 46.9 Å². The molecule has 1 unspecified atom stereocenters. The summed E-state index contributed by atoms with van der Waals surface area (Å²) >= 11 is 3.47. The summed E-state index contributed by atoms with van der Waals surface area (Å²) in [5.74, 6) is 0.912. The van der Waals surface area contributed by atoms with Crippen molar-refractivity contribution in [2.24, 2.45) is 0 Å². The van der Waals surface area contributed by atoms with Crippen molar-refractivity contribution in [1.29, 1.82) is 0 Å². The maximum Gasteiger partial charge on any atom is 0.253 e. The molecule has 5 heteroatoms. The third-order valence-corrected chi connectivity index (χ3v) is 5.97. The maximum atomic E-state index is 13.3. The second-order valence-corrected chi connectivity index (χ2v) is 7.28. The van der Waals surface area contributed by atoms with E-state index >= 15 is 0 Å². The lowest BCUT2D eigenvalue weighted by Crippen LogP contribution is -2.51. The predicted octanol–water partition coefficient (Wildman–Crippen LogP) is 3.63. The van der Waals surface area contributed by atoms with Crippen molar-refractivity contribution < 1.29 is 9.53 Å². The number of para-hydroxylation sites is 1. The van der Waals surface area contributed by atoms with Crippen LogP contribution in [0.3, 0.4) is 0 Å². The van der Waals surface area contributed by atoms with Crippen LogP contribution >= 0.6 is 15.9 Å². The Kier molecular flexibility index (Phi) is 3.57. The highest BCUT2D eigenvalue weighted by Gasteiger charge is 2.53. The molecule has 24 heavy (non-hydrogen) atoms. The molecule has 2 aliphatic heterocycles. The molecule has 1 spiro atoms. The van der Waals surface area contributed by atoms with E-state index < -0.39 is 5.54 Å². The lowest BCUT2D eigenvalue weighted by molar-refractivity contribution is -0.121. The number of fused-ring (bicyclic) bond motifs is 1. The topological polar surface area (TPSA) is 32.8 Å². The number of methoxy groups -OCH3 is 1. The van der Waals surface area contributed by atoms with E-state index in [2.05, 4.69) is 33.0 Å². The van der Waals surface area contributed by atoms with Crippen molar-refractivity contribution in [1.82, 2.24) is 0 Å². The summed E-state index contributed by atoms with van der Waals surface area (Å²) in [5.41, 5.74) is 2.86. The van der Waals surface area contributed by atoms with Gasteiger partial charge in [0.15, 0.2) is 0 Å². The molecule has 1 saturated heterocycles. The van der Waals surface area contributed by atoms with Crippen molar-refractivity contribution >= 4 is 33.2 Å². The van der Waals surface area contributed by atoms with Gasteiger partial charge in [-0.25, -0.2) is 0 Å². The Hall–Kier alpha value is -2.01. The highest BCUT2D eigenvalue weighted by atomic mass is 79.9. The molecule has 0 N–H and O–H groups in total. The Bertz CT molecular complexity index is 823. The maximum absolute atomic E-state index is 13.3. The van der Waals surface area contributed by atoms with Gasteiger partial charge in [-0.2, -0.15) is 0 Å². The van der Waals surface area contributed by atoms with Crippen molar-refractivity contribution in [3.8, 4) is 5.75 Å². The number of amides is 1. The van der Waals surface area contributed by atoms with Crippen LogP contribution in [0.25, 0.3) is 0 Å². The summed E-state index contributed by atoms with van der Waals surface area (Å²) in [5, 5.41) is 0. The molecule has 2 heterocycles. The van der Waals surface area contributed by atoms with E-state index in [4.69, 9.17) is 4.74 Å². The number of benzene rings is 2. The second-order valence-electron chi connectivity index (χ2n) is 6.42. The van der Waals surface area contributed by atoms with Gasteiger partial charge < -0.3 is 14.5 Å². The molecule has 1 atom stereocenters. The van der Waals surface area contributed by atoms with Gasteiger partial charge in [0.25, 0.3) is 5.91 Å². The molecule has 0 aliphatic carbocycles. The summed E-state index contributed by atoms with van der Waals surface area (Å²) in [4.78, 5) is 17.4. The van der Waals surface area contributed by atoms with Crippen molar-refractivity contribution in [3.63, 3.8) is 0 Å². The van der Waals surface area contributed by atoms with Crippen molar-refractivity contribution in [2.75, 3.05) is 30.5 Å². The van der Waals surface area contributed by atoms with Gasteiger partial charge in [-0.05, 0) is 46.1 Å². The van der Waals surface area contributed by atoms with E-state index in [1.165, 1.54) is 11.3 Å². The highest BCUT2D eigenvalue weighted by molar-refractivity contribution is 9.10. The van der Waals surface area contributed by atoms with Gasteiger partial charge in [0.05, 0.1) is 11.6 Å². The predicted molar refractivity (Wildman–Crippen MR) is 98.9 cm³/mol. The zero-order chi connectivity index (χ0) is 16.9. The quantitative estimate of drug-likeness (QED) is 0.789. The average Bonchev–Trinajstić information content (AvgIpc) is 3.08. The zero-order valence-corrected chi connectivity index (χ0v) is 15.3. The van der Waals surface area contributed by atoms with Crippen LogP contribution in [0.1, 0.15) is 12.0 Å². The first-order valence-corrected chi connectivity index (χ1v) is 8.83. The normalized spacial score (nSPS) is 22.4. The van der Waals surface area contributed by atoms with Gasteiger partial charge >= 0.3 is 0 Å². The number of carbonyl (C=O) groups is 1. The molecule has 2 aromatic carbocycles. The number of halogens is 1. The van der Waals surface area contributed by atoms with E-state index in [1.807, 2.05) is 42.3 Å². The molecular formula is C19H19BrN2O2. The van der Waals surface area contributed by atoms with Crippen LogP contribution < -0.4 is 14.5 Å². The fourth-order valence-corrected chi connectivity index (χ4v) is 4.35. The molecule has 2 aliphatic rings. The van der Waals surface area contributed by atoms with Crippen LogP contribution in [0.2, 0.25) is 0 Å². The first-order valence-electron chi connectivity index (χ1n) is 8.04. The van der Waals surface area contributed by atoms with E-state index in [9.17, 15) is 4.79 Å². The molecule has 4 nitrogen and oxygen atoms in total. The number of ether oxygens (including phenoxy) is 1. The lowest BCUT2D eigenvalue weighted by Gasteiger charge is -2.32. The fraction of sp³-hybridized carbons (Fsp3) is 0.316. The number of carbonyl (C=O) groups excluding carboxylic acids is 1. The third kappa shape index (κ3) is 2.07. The number of nitrogens with zero attached hydrogens (tertiary/aromatic N) is 2. The van der Waals surface area contributed by atoms with E-state index in [0.29, 0.717) is 0 Å². The van der Waals surface area contributed by atoms with Crippen molar-refractivity contribution in [3.05, 3.63) is 52.5 Å². The molecular weight excluding hydrogens is 368 g/mol. The van der Waals surface area contributed by atoms with Crippen LogP contribution in [0, 0.1) is 0 Å². The Morgan fingerprint density at radius 3 is 2.75 bits per heavy atom. The monoisotopic (exact) mass is 386 g/mol. The molecule has 2 aromatic rings. The number of hydrogen-bond acceptors (Lipinski definition) is 3. The first-order chi connectivity index (χ1) is 11.6. The Morgan fingerprint density at radius 2 is 2.00 bits per heavy atom. The molecule has 0 aromatic heterocycles. The standard InChI is InChI=1S/C19H19BrN2O2/c1-21-16-6-4-3-5-13(16)12-19(21)9-10-22(18(19)23)14-7-8-15(20)17(11-14)24-2/h3-8,11H,9-10,12H2,1-2H3. The molecule has 0 radical (unpaired) electrons. The van der Waals surface area contributed by atoms with Gasteiger partial charge in [-0.3, -0.25) is 4.79 Å². The van der Waals surface area contributed by atoms with Gasteiger partial charge in [-0.15, -0.1) is 0 Å². The smallest absolute Gasteiger partial charge is 0.253 e. The summed E-state index contributed by atoms with van der Waals surface area (Å²) in [6, 6.07) is 14.1. The van der Waals surface area contributed by atoms with Gasteiger partial charge in [-0.1, -0.05) is 18.2 Å². The summed E-state index contributed by atoms with van der Waals surface area (Å²) in [6.07, 6.45) is 1.61. The molecule has 1 fully saturated rings. The Balaban J connectivity index is 1.69. The van der Waals surface area contributed by atoms with Crippen LogP contribution in [0.4, 0.5) is 11.4 Å². The van der Waals surface area contributed by atoms with Gasteiger partial charge in [0.2, 0.25) is 0 Å². The fourth-order valence-electron chi connectivity index (χ4n) is 3.95. The summed E-state index contributed by atoms with van der Waals surface area (Å²) in [7, 11) is 3.67. The average molecular weight is 387 g/mol.